The molecule has 2 heteroatoms. The number of hydrogen-bond donors (Lipinski definition) is 0. The van der Waals surface area contributed by atoms with Crippen molar-refractivity contribution in [3.8, 4) is 0 Å². The standard InChI is InChI=1S/C6H6I.C6H7.Fe/c7-5-6-3-1-2-4-6;1-6-4-2-3-5-6;/h1-4H,5H2;2-5H,1H3;/q2*-1;+2. The third-order valence-electron chi connectivity index (χ3n) is 1.72. The molecule has 0 saturated heterocycles. The molecular weight excluding hydrogens is 327 g/mol. The van der Waals surface area contributed by atoms with Gasteiger partial charge in [0, 0.05) is 4.43 Å². The molecule has 0 aliphatic rings. The van der Waals surface area contributed by atoms with Crippen molar-refractivity contribution < 1.29 is 17.1 Å². The summed E-state index contributed by atoms with van der Waals surface area (Å²) in [6.07, 6.45) is 0. The van der Waals surface area contributed by atoms with Crippen LogP contribution in [0.1, 0.15) is 11.1 Å². The molecule has 0 heterocycles. The second-order valence-corrected chi connectivity index (χ2v) is 3.65. The summed E-state index contributed by atoms with van der Waals surface area (Å²) in [6, 6.07) is 16.6. The minimum absolute atomic E-state index is 0. The van der Waals surface area contributed by atoms with Crippen molar-refractivity contribution in [2.24, 2.45) is 0 Å². The SMILES string of the molecule is Cc1ccc[cH-]1.ICc1ccc[cH-]1.[Fe+2]. The zero-order chi connectivity index (χ0) is 9.52. The Balaban J connectivity index is 0.000000227. The van der Waals surface area contributed by atoms with Gasteiger partial charge in [-0.3, -0.25) is 0 Å². The number of rotatable bonds is 1. The average Bonchev–Trinajstić information content (AvgIpc) is 2.76. The van der Waals surface area contributed by atoms with Gasteiger partial charge in [-0.25, -0.2) is 24.3 Å². The van der Waals surface area contributed by atoms with E-state index in [0.717, 1.165) is 4.43 Å². The normalized spacial score (nSPS) is 8.43. The van der Waals surface area contributed by atoms with Gasteiger partial charge in [-0.05, 0) is 0 Å². The molecule has 0 atom stereocenters. The fraction of sp³-hybridized carbons (Fsp3) is 0.167. The van der Waals surface area contributed by atoms with Gasteiger partial charge in [0.2, 0.25) is 0 Å². The minimum Gasteiger partial charge on any atom is -0.213 e. The van der Waals surface area contributed by atoms with Gasteiger partial charge in [0.15, 0.2) is 0 Å². The molecule has 0 radical (unpaired) electrons. The van der Waals surface area contributed by atoms with E-state index >= 15 is 0 Å². The van der Waals surface area contributed by atoms with Crippen LogP contribution in [0, 0.1) is 6.92 Å². The first-order valence-electron chi connectivity index (χ1n) is 4.28. The third-order valence-corrected chi connectivity index (χ3v) is 2.60. The summed E-state index contributed by atoms with van der Waals surface area (Å²) in [5.74, 6) is 0. The molecule has 2 rings (SSSR count). The molecule has 0 aliphatic heterocycles. The maximum Gasteiger partial charge on any atom is 2.00 e. The first kappa shape index (κ1) is 13.9. The number of halogens is 1. The van der Waals surface area contributed by atoms with Crippen LogP contribution in [0.25, 0.3) is 0 Å². The Morgan fingerprint density at radius 1 is 1.14 bits per heavy atom. The first-order valence-corrected chi connectivity index (χ1v) is 5.80. The van der Waals surface area contributed by atoms with Crippen molar-refractivity contribution in [2.45, 2.75) is 11.4 Å². The van der Waals surface area contributed by atoms with Gasteiger partial charge < -0.3 is 0 Å². The van der Waals surface area contributed by atoms with E-state index in [0.29, 0.717) is 0 Å². The topological polar surface area (TPSA) is 0 Å². The van der Waals surface area contributed by atoms with Gasteiger partial charge in [-0.2, -0.15) is 35.4 Å². The Hall–Kier alpha value is -0.0505. The summed E-state index contributed by atoms with van der Waals surface area (Å²) in [6.45, 7) is 2.08. The van der Waals surface area contributed by atoms with E-state index in [1.54, 1.807) is 0 Å². The van der Waals surface area contributed by atoms with Crippen LogP contribution in [0.3, 0.4) is 0 Å². The molecule has 0 aliphatic carbocycles. The Morgan fingerprint density at radius 2 is 1.79 bits per heavy atom. The maximum atomic E-state index is 2.35. The van der Waals surface area contributed by atoms with Gasteiger partial charge in [0.25, 0.3) is 0 Å². The van der Waals surface area contributed by atoms with E-state index in [9.17, 15) is 0 Å². The molecule has 0 unspecified atom stereocenters. The van der Waals surface area contributed by atoms with Crippen LogP contribution in [0.5, 0.6) is 0 Å². The van der Waals surface area contributed by atoms with Crippen molar-refractivity contribution in [1.29, 1.82) is 0 Å². The molecule has 76 valence electrons. The first-order chi connectivity index (χ1) is 6.33. The molecule has 0 saturated carbocycles. The summed E-state index contributed by atoms with van der Waals surface area (Å²) >= 11 is 2.35. The molecule has 0 amide bonds. The van der Waals surface area contributed by atoms with Crippen LogP contribution < -0.4 is 0 Å². The Bertz CT molecular complexity index is 295. The maximum absolute atomic E-state index is 2.35. The quantitative estimate of drug-likeness (QED) is 0.318. The molecule has 0 bridgehead atoms. The molecule has 14 heavy (non-hydrogen) atoms. The fourth-order valence-electron chi connectivity index (χ4n) is 0.973. The van der Waals surface area contributed by atoms with Crippen LogP contribution in [0.2, 0.25) is 0 Å². The summed E-state index contributed by atoms with van der Waals surface area (Å²) < 4.78 is 1.13. The molecule has 2 aromatic rings. The Labute approximate surface area is 110 Å². The van der Waals surface area contributed by atoms with E-state index in [1.165, 1.54) is 11.1 Å². The van der Waals surface area contributed by atoms with E-state index in [4.69, 9.17) is 0 Å². The molecule has 0 fully saturated rings. The number of alkyl halides is 1. The summed E-state index contributed by atoms with van der Waals surface area (Å²) in [5, 5.41) is 0. The van der Waals surface area contributed by atoms with Crippen molar-refractivity contribution >= 4 is 22.6 Å². The van der Waals surface area contributed by atoms with Crippen molar-refractivity contribution in [1.82, 2.24) is 0 Å². The van der Waals surface area contributed by atoms with Gasteiger partial charge in [0.05, 0.1) is 0 Å². The van der Waals surface area contributed by atoms with E-state index in [2.05, 4.69) is 65.9 Å². The monoisotopic (exact) mass is 340 g/mol. The average molecular weight is 340 g/mol. The third kappa shape index (κ3) is 5.63. The van der Waals surface area contributed by atoms with Gasteiger partial charge in [0.1, 0.15) is 0 Å². The van der Waals surface area contributed by atoms with Gasteiger partial charge >= 0.3 is 17.1 Å². The minimum atomic E-state index is 0. The second kappa shape index (κ2) is 8.27. The predicted molar refractivity (Wildman–Crippen MR) is 66.5 cm³/mol. The molecule has 0 spiro atoms. The Morgan fingerprint density at radius 3 is 2.00 bits per heavy atom. The summed E-state index contributed by atoms with van der Waals surface area (Å²) in [7, 11) is 0. The summed E-state index contributed by atoms with van der Waals surface area (Å²) in [4.78, 5) is 0. The zero-order valence-corrected chi connectivity index (χ0v) is 11.3. The fourth-order valence-corrected chi connectivity index (χ4v) is 1.48. The Kier molecular flexibility index (Phi) is 8.24. The van der Waals surface area contributed by atoms with Gasteiger partial charge in [-0.15, -0.1) is 0 Å². The number of hydrogen-bond acceptors (Lipinski definition) is 0. The van der Waals surface area contributed by atoms with Crippen molar-refractivity contribution in [3.63, 3.8) is 0 Å². The molecule has 0 aromatic heterocycles. The van der Waals surface area contributed by atoms with Crippen LogP contribution >= 0.6 is 22.6 Å². The van der Waals surface area contributed by atoms with Crippen LogP contribution in [0.15, 0.2) is 48.5 Å². The molecule has 0 nitrogen and oxygen atoms in total. The predicted octanol–water partition coefficient (Wildman–Crippen LogP) is 4.05. The van der Waals surface area contributed by atoms with Crippen LogP contribution in [-0.4, -0.2) is 0 Å². The summed E-state index contributed by atoms with van der Waals surface area (Å²) in [5.41, 5.74) is 2.76. The zero-order valence-electron chi connectivity index (χ0n) is 8.06. The largest absolute Gasteiger partial charge is 2.00 e. The molecule has 2 aromatic carbocycles. The molecular formula is C12H13FeI. The smallest absolute Gasteiger partial charge is 0.213 e. The van der Waals surface area contributed by atoms with Crippen LogP contribution in [0.4, 0.5) is 0 Å². The molecule has 0 N–H and O–H groups in total. The van der Waals surface area contributed by atoms with Crippen molar-refractivity contribution in [3.05, 3.63) is 59.7 Å². The van der Waals surface area contributed by atoms with Crippen LogP contribution in [-0.2, 0) is 21.5 Å². The number of aryl methyl sites for hydroxylation is 1. The van der Waals surface area contributed by atoms with E-state index in [-0.39, 0.29) is 17.1 Å². The van der Waals surface area contributed by atoms with E-state index < -0.39 is 0 Å². The second-order valence-electron chi connectivity index (χ2n) is 2.89. The van der Waals surface area contributed by atoms with E-state index in [1.807, 2.05) is 12.1 Å². The van der Waals surface area contributed by atoms with Gasteiger partial charge in [-0.1, -0.05) is 29.5 Å². The van der Waals surface area contributed by atoms with Crippen molar-refractivity contribution in [2.75, 3.05) is 0 Å².